The van der Waals surface area contributed by atoms with Crippen LogP contribution in [0.4, 0.5) is 0 Å². The number of aryl methyl sites for hydroxylation is 2. The highest BCUT2D eigenvalue weighted by atomic mass is 32.1. The van der Waals surface area contributed by atoms with Crippen LogP contribution in [0.1, 0.15) is 32.8 Å². The van der Waals surface area contributed by atoms with Crippen molar-refractivity contribution in [1.82, 2.24) is 5.43 Å². The molecule has 5 heteroatoms. The van der Waals surface area contributed by atoms with Crippen molar-refractivity contribution in [2.75, 3.05) is 0 Å². The number of amides is 1. The summed E-state index contributed by atoms with van der Waals surface area (Å²) in [6, 6.07) is 8.14. The summed E-state index contributed by atoms with van der Waals surface area (Å²) in [5, 5.41) is 1.87. The predicted octanol–water partition coefficient (Wildman–Crippen LogP) is 2.42. The Hall–Kier alpha value is -1.85. The minimum absolute atomic E-state index is 0.271. The highest BCUT2D eigenvalue weighted by Crippen LogP contribution is 2.27. The number of fused-ring (bicyclic) bond motifs is 1. The molecule has 20 heavy (non-hydrogen) atoms. The zero-order valence-electron chi connectivity index (χ0n) is 11.0. The summed E-state index contributed by atoms with van der Waals surface area (Å²) < 4.78 is 5.80. The highest BCUT2D eigenvalue weighted by Gasteiger charge is 2.14. The number of thiophene rings is 1. The van der Waals surface area contributed by atoms with Gasteiger partial charge in [-0.15, -0.1) is 11.3 Å². The smallest absolute Gasteiger partial charge is 0.275 e. The summed E-state index contributed by atoms with van der Waals surface area (Å²) in [6.07, 6.45) is 3.52. The van der Waals surface area contributed by atoms with Gasteiger partial charge in [-0.3, -0.25) is 10.2 Å². The van der Waals surface area contributed by atoms with Crippen LogP contribution in [-0.4, -0.2) is 5.91 Å². The van der Waals surface area contributed by atoms with E-state index in [4.69, 9.17) is 10.6 Å². The number of benzene rings is 1. The molecule has 1 aromatic heterocycles. The maximum atomic E-state index is 11.6. The number of nitrogens with two attached hydrogens (primary N) is 1. The average Bonchev–Trinajstić information content (AvgIpc) is 3.12. The third-order valence-electron chi connectivity index (χ3n) is 3.55. The summed E-state index contributed by atoms with van der Waals surface area (Å²) in [6.45, 7) is 0.380. The molecule has 0 bridgehead atoms. The fourth-order valence-corrected chi connectivity index (χ4v) is 3.33. The van der Waals surface area contributed by atoms with Crippen molar-refractivity contribution in [3.8, 4) is 5.75 Å². The fourth-order valence-electron chi connectivity index (χ4n) is 2.51. The Bertz CT molecular complexity index is 637. The lowest BCUT2D eigenvalue weighted by molar-refractivity contribution is 0.0955. The highest BCUT2D eigenvalue weighted by molar-refractivity contribution is 7.12. The van der Waals surface area contributed by atoms with Gasteiger partial charge in [0.25, 0.3) is 5.91 Å². The molecule has 1 aliphatic carbocycles. The number of nitrogen functional groups attached to an aromatic ring is 1. The number of ether oxygens (including phenoxy) is 1. The van der Waals surface area contributed by atoms with Crippen molar-refractivity contribution in [2.45, 2.75) is 25.9 Å². The quantitative estimate of drug-likeness (QED) is 0.516. The zero-order chi connectivity index (χ0) is 13.9. The first kappa shape index (κ1) is 13.1. The number of hydrogen-bond acceptors (Lipinski definition) is 4. The van der Waals surface area contributed by atoms with Crippen molar-refractivity contribution in [3.63, 3.8) is 0 Å². The lowest BCUT2D eigenvalue weighted by Crippen LogP contribution is -2.30. The molecule has 1 heterocycles. The molecule has 3 N–H and O–H groups in total. The number of hydrazine groups is 1. The lowest BCUT2D eigenvalue weighted by Gasteiger charge is -2.08. The Balaban J connectivity index is 1.71. The number of carbonyl (C=O) groups is 1. The van der Waals surface area contributed by atoms with E-state index < -0.39 is 0 Å². The lowest BCUT2D eigenvalue weighted by atomic mass is 10.1. The first-order valence-corrected chi connectivity index (χ1v) is 7.48. The monoisotopic (exact) mass is 288 g/mol. The van der Waals surface area contributed by atoms with Crippen molar-refractivity contribution >= 4 is 17.2 Å². The largest absolute Gasteiger partial charge is 0.489 e. The molecule has 0 unspecified atom stereocenters. The summed E-state index contributed by atoms with van der Waals surface area (Å²) in [5.74, 6) is 5.75. The van der Waals surface area contributed by atoms with Gasteiger partial charge in [0, 0.05) is 5.56 Å². The Morgan fingerprint density at radius 2 is 2.15 bits per heavy atom. The SMILES string of the molecule is NNC(=O)c1sccc1COc1ccc2c(c1)CCC2. The van der Waals surface area contributed by atoms with E-state index in [9.17, 15) is 4.79 Å². The van der Waals surface area contributed by atoms with Gasteiger partial charge in [-0.2, -0.15) is 0 Å². The number of carbonyl (C=O) groups excluding carboxylic acids is 1. The van der Waals surface area contributed by atoms with Crippen LogP contribution in [0.5, 0.6) is 5.75 Å². The minimum atomic E-state index is -0.271. The maximum Gasteiger partial charge on any atom is 0.275 e. The summed E-state index contributed by atoms with van der Waals surface area (Å²) >= 11 is 1.37. The molecule has 0 fully saturated rings. The van der Waals surface area contributed by atoms with Crippen LogP contribution in [0.15, 0.2) is 29.6 Å². The van der Waals surface area contributed by atoms with Crippen LogP contribution in [0, 0.1) is 0 Å². The molecule has 0 saturated carbocycles. The van der Waals surface area contributed by atoms with Crippen molar-refractivity contribution in [3.05, 3.63) is 51.2 Å². The molecule has 1 amide bonds. The van der Waals surface area contributed by atoms with Gasteiger partial charge < -0.3 is 4.74 Å². The van der Waals surface area contributed by atoms with E-state index in [1.807, 2.05) is 17.5 Å². The van der Waals surface area contributed by atoms with Crippen LogP contribution in [-0.2, 0) is 19.4 Å². The molecule has 0 radical (unpaired) electrons. The molecule has 2 aromatic rings. The Kier molecular flexibility index (Phi) is 3.71. The van der Waals surface area contributed by atoms with Crippen molar-refractivity contribution in [1.29, 1.82) is 0 Å². The van der Waals surface area contributed by atoms with E-state index >= 15 is 0 Å². The average molecular weight is 288 g/mol. The van der Waals surface area contributed by atoms with Crippen LogP contribution in [0.3, 0.4) is 0 Å². The molecule has 1 aromatic carbocycles. The molecule has 4 nitrogen and oxygen atoms in total. The first-order chi connectivity index (χ1) is 9.78. The first-order valence-electron chi connectivity index (χ1n) is 6.60. The molecule has 0 spiro atoms. The fraction of sp³-hybridized carbons (Fsp3) is 0.267. The van der Waals surface area contributed by atoms with Gasteiger partial charge in [-0.05, 0) is 54.0 Å². The summed E-state index contributed by atoms with van der Waals surface area (Å²) in [7, 11) is 0. The molecule has 0 atom stereocenters. The molecule has 0 aliphatic heterocycles. The Labute approximate surface area is 121 Å². The molecule has 104 valence electrons. The van der Waals surface area contributed by atoms with Crippen LogP contribution in [0.2, 0.25) is 0 Å². The van der Waals surface area contributed by atoms with Crippen LogP contribution in [0.25, 0.3) is 0 Å². The number of nitrogens with one attached hydrogen (secondary N) is 1. The second kappa shape index (κ2) is 5.64. The van der Waals surface area contributed by atoms with Gasteiger partial charge in [0.05, 0.1) is 4.88 Å². The van der Waals surface area contributed by atoms with Gasteiger partial charge >= 0.3 is 0 Å². The van der Waals surface area contributed by atoms with Gasteiger partial charge in [0.1, 0.15) is 12.4 Å². The molecular weight excluding hydrogens is 272 g/mol. The second-order valence-corrected chi connectivity index (χ2v) is 5.74. The van der Waals surface area contributed by atoms with Crippen LogP contribution >= 0.6 is 11.3 Å². The van der Waals surface area contributed by atoms with Gasteiger partial charge in [0.2, 0.25) is 0 Å². The number of rotatable bonds is 4. The third kappa shape index (κ3) is 2.55. The van der Waals surface area contributed by atoms with E-state index in [2.05, 4.69) is 17.6 Å². The third-order valence-corrected chi connectivity index (χ3v) is 4.50. The van der Waals surface area contributed by atoms with Crippen molar-refractivity contribution < 1.29 is 9.53 Å². The predicted molar refractivity (Wildman–Crippen MR) is 78.8 cm³/mol. The molecule has 0 saturated heterocycles. The van der Waals surface area contributed by atoms with Crippen LogP contribution < -0.4 is 16.0 Å². The van der Waals surface area contributed by atoms with E-state index in [1.165, 1.54) is 35.3 Å². The maximum absolute atomic E-state index is 11.6. The molecular formula is C15H16N2O2S. The van der Waals surface area contributed by atoms with E-state index in [1.54, 1.807) is 0 Å². The zero-order valence-corrected chi connectivity index (χ0v) is 11.8. The molecule has 3 rings (SSSR count). The van der Waals surface area contributed by atoms with E-state index in [0.29, 0.717) is 11.5 Å². The normalized spacial score (nSPS) is 13.1. The second-order valence-electron chi connectivity index (χ2n) is 4.82. The van der Waals surface area contributed by atoms with Crippen molar-refractivity contribution in [2.24, 2.45) is 5.84 Å². The van der Waals surface area contributed by atoms with Gasteiger partial charge in [0.15, 0.2) is 0 Å². The van der Waals surface area contributed by atoms with Gasteiger partial charge in [-0.25, -0.2) is 5.84 Å². The topological polar surface area (TPSA) is 64.3 Å². The minimum Gasteiger partial charge on any atom is -0.489 e. The number of hydrogen-bond donors (Lipinski definition) is 2. The Morgan fingerprint density at radius 1 is 1.30 bits per heavy atom. The van der Waals surface area contributed by atoms with E-state index in [-0.39, 0.29) is 5.91 Å². The molecule has 1 aliphatic rings. The van der Waals surface area contributed by atoms with Gasteiger partial charge in [-0.1, -0.05) is 6.07 Å². The van der Waals surface area contributed by atoms with E-state index in [0.717, 1.165) is 17.7 Å². The standard InChI is InChI=1S/C15H16N2O2S/c16-17-15(18)14-12(6-7-20-14)9-19-13-5-4-10-2-1-3-11(10)8-13/h4-8H,1-3,9,16H2,(H,17,18). The Morgan fingerprint density at radius 3 is 3.00 bits per heavy atom. The summed E-state index contributed by atoms with van der Waals surface area (Å²) in [4.78, 5) is 12.2. The summed E-state index contributed by atoms with van der Waals surface area (Å²) in [5.41, 5.74) is 5.82.